The van der Waals surface area contributed by atoms with Crippen molar-refractivity contribution in [3.05, 3.63) is 34.9 Å². The Hall–Kier alpha value is -1.73. The van der Waals surface area contributed by atoms with Crippen molar-refractivity contribution < 1.29 is 18.6 Å². The van der Waals surface area contributed by atoms with Crippen molar-refractivity contribution in [1.29, 1.82) is 0 Å². The molecule has 1 fully saturated rings. The maximum atomic E-state index is 12.4. The van der Waals surface area contributed by atoms with Crippen LogP contribution in [0.4, 0.5) is 4.79 Å². The standard InChI is InChI=1S/C13H13ClN2O4S/c1-21(20)7-6-16-12(18)10(11(17)15-13(16)19)8-2-4-9(14)5-3-8/h2-5,10H,6-7H2,1H3,(H,15,17,19). The van der Waals surface area contributed by atoms with Gasteiger partial charge in [0.25, 0.3) is 0 Å². The number of hydrogen-bond acceptors (Lipinski definition) is 4. The summed E-state index contributed by atoms with van der Waals surface area (Å²) < 4.78 is 11.1. The third-order valence-electron chi connectivity index (χ3n) is 3.06. The van der Waals surface area contributed by atoms with Crippen LogP contribution < -0.4 is 5.32 Å². The molecule has 0 radical (unpaired) electrons. The van der Waals surface area contributed by atoms with Gasteiger partial charge in [-0.05, 0) is 17.7 Å². The van der Waals surface area contributed by atoms with Crippen LogP contribution in [0.1, 0.15) is 11.5 Å². The Bertz CT molecular complexity index is 617. The third kappa shape index (κ3) is 3.48. The Morgan fingerprint density at radius 2 is 1.86 bits per heavy atom. The number of rotatable bonds is 4. The third-order valence-corrected chi connectivity index (χ3v) is 4.07. The molecule has 112 valence electrons. The quantitative estimate of drug-likeness (QED) is 0.832. The number of barbiturate groups is 1. The van der Waals surface area contributed by atoms with Crippen molar-refractivity contribution >= 4 is 40.2 Å². The molecular weight excluding hydrogens is 316 g/mol. The molecule has 1 heterocycles. The van der Waals surface area contributed by atoms with Crippen LogP contribution in [0.2, 0.25) is 5.02 Å². The van der Waals surface area contributed by atoms with Gasteiger partial charge in [-0.2, -0.15) is 0 Å². The zero-order chi connectivity index (χ0) is 15.6. The minimum absolute atomic E-state index is 0.00511. The van der Waals surface area contributed by atoms with Gasteiger partial charge in [0.1, 0.15) is 5.92 Å². The number of halogens is 1. The lowest BCUT2D eigenvalue weighted by atomic mass is 9.95. The van der Waals surface area contributed by atoms with Crippen LogP contribution in [0, 0.1) is 0 Å². The van der Waals surface area contributed by atoms with Crippen LogP contribution in [0.25, 0.3) is 0 Å². The second-order valence-corrected chi connectivity index (χ2v) is 6.54. The van der Waals surface area contributed by atoms with Crippen molar-refractivity contribution in [3.63, 3.8) is 0 Å². The summed E-state index contributed by atoms with van der Waals surface area (Å²) in [5.41, 5.74) is 0.456. The fourth-order valence-corrected chi connectivity index (χ4v) is 2.56. The van der Waals surface area contributed by atoms with Gasteiger partial charge < -0.3 is 0 Å². The molecule has 1 saturated heterocycles. The summed E-state index contributed by atoms with van der Waals surface area (Å²) in [5, 5.41) is 2.63. The minimum Gasteiger partial charge on any atom is -0.277 e. The molecule has 6 nitrogen and oxygen atoms in total. The van der Waals surface area contributed by atoms with Gasteiger partial charge in [-0.1, -0.05) is 23.7 Å². The lowest BCUT2D eigenvalue weighted by Crippen LogP contribution is -2.57. The summed E-state index contributed by atoms with van der Waals surface area (Å²) in [6, 6.07) is 5.49. The van der Waals surface area contributed by atoms with Gasteiger partial charge in [-0.3, -0.25) is 24.0 Å². The van der Waals surface area contributed by atoms with E-state index in [-0.39, 0.29) is 12.3 Å². The van der Waals surface area contributed by atoms with E-state index >= 15 is 0 Å². The monoisotopic (exact) mass is 328 g/mol. The molecule has 1 aromatic carbocycles. The molecule has 2 unspecified atom stereocenters. The maximum Gasteiger partial charge on any atom is 0.330 e. The van der Waals surface area contributed by atoms with Gasteiger partial charge in [0.05, 0.1) is 0 Å². The van der Waals surface area contributed by atoms with Crippen molar-refractivity contribution in [2.45, 2.75) is 5.92 Å². The minimum atomic E-state index is -1.14. The van der Waals surface area contributed by atoms with Gasteiger partial charge in [0, 0.05) is 34.4 Å². The molecule has 1 N–H and O–H groups in total. The fraction of sp³-hybridized carbons (Fsp3) is 0.308. The van der Waals surface area contributed by atoms with Crippen molar-refractivity contribution in [2.75, 3.05) is 18.6 Å². The Morgan fingerprint density at radius 3 is 2.43 bits per heavy atom. The molecule has 1 aromatic rings. The number of benzene rings is 1. The first-order chi connectivity index (χ1) is 9.90. The highest BCUT2D eigenvalue weighted by Crippen LogP contribution is 2.24. The SMILES string of the molecule is CS(=O)CCN1C(=O)NC(=O)C(c2ccc(Cl)cc2)C1=O. The zero-order valence-corrected chi connectivity index (χ0v) is 12.7. The smallest absolute Gasteiger partial charge is 0.277 e. The predicted octanol–water partition coefficient (Wildman–Crippen LogP) is 0.880. The van der Waals surface area contributed by atoms with Crippen LogP contribution >= 0.6 is 11.6 Å². The second-order valence-electron chi connectivity index (χ2n) is 4.55. The molecule has 0 aliphatic carbocycles. The molecular formula is C13H13ClN2O4S. The number of nitrogens with zero attached hydrogens (tertiary/aromatic N) is 1. The summed E-state index contributed by atoms with van der Waals surface area (Å²) in [6.45, 7) is 0.00511. The van der Waals surface area contributed by atoms with E-state index in [1.807, 2.05) is 0 Å². The molecule has 4 amide bonds. The zero-order valence-electron chi connectivity index (χ0n) is 11.2. The first-order valence-corrected chi connectivity index (χ1v) is 8.22. The number of nitrogens with one attached hydrogen (secondary N) is 1. The number of carbonyl (C=O) groups excluding carboxylic acids is 3. The molecule has 21 heavy (non-hydrogen) atoms. The molecule has 1 aliphatic rings. The highest BCUT2D eigenvalue weighted by molar-refractivity contribution is 7.84. The number of urea groups is 1. The first-order valence-electron chi connectivity index (χ1n) is 6.12. The van der Waals surface area contributed by atoms with Crippen molar-refractivity contribution in [3.8, 4) is 0 Å². The Labute approximate surface area is 128 Å². The van der Waals surface area contributed by atoms with E-state index in [9.17, 15) is 18.6 Å². The van der Waals surface area contributed by atoms with Crippen LogP contribution in [-0.2, 0) is 20.4 Å². The number of hydrogen-bond donors (Lipinski definition) is 1. The fourth-order valence-electron chi connectivity index (χ4n) is 1.99. The van der Waals surface area contributed by atoms with E-state index in [0.29, 0.717) is 10.6 Å². The van der Waals surface area contributed by atoms with Crippen molar-refractivity contribution in [1.82, 2.24) is 10.2 Å². The molecule has 2 rings (SSSR count). The lowest BCUT2D eigenvalue weighted by molar-refractivity contribution is -0.138. The van der Waals surface area contributed by atoms with E-state index in [1.54, 1.807) is 24.3 Å². The number of carbonyl (C=O) groups is 3. The largest absolute Gasteiger partial charge is 0.330 e. The van der Waals surface area contributed by atoms with Crippen LogP contribution in [0.15, 0.2) is 24.3 Å². The van der Waals surface area contributed by atoms with E-state index in [1.165, 1.54) is 6.26 Å². The van der Waals surface area contributed by atoms with E-state index in [0.717, 1.165) is 4.90 Å². The van der Waals surface area contributed by atoms with E-state index < -0.39 is 34.6 Å². The average molecular weight is 329 g/mol. The summed E-state index contributed by atoms with van der Waals surface area (Å²) in [7, 11) is -1.14. The van der Waals surface area contributed by atoms with Crippen LogP contribution in [-0.4, -0.2) is 45.5 Å². The average Bonchev–Trinajstić information content (AvgIpc) is 2.40. The van der Waals surface area contributed by atoms with Crippen molar-refractivity contribution in [2.24, 2.45) is 0 Å². The number of imide groups is 2. The lowest BCUT2D eigenvalue weighted by Gasteiger charge is -2.30. The predicted molar refractivity (Wildman–Crippen MR) is 78.4 cm³/mol. The van der Waals surface area contributed by atoms with E-state index in [2.05, 4.69) is 5.32 Å². The Morgan fingerprint density at radius 1 is 1.24 bits per heavy atom. The molecule has 8 heteroatoms. The van der Waals surface area contributed by atoms with E-state index in [4.69, 9.17) is 11.6 Å². The topological polar surface area (TPSA) is 83.6 Å². The van der Waals surface area contributed by atoms with Crippen LogP contribution in [0.3, 0.4) is 0 Å². The highest BCUT2D eigenvalue weighted by atomic mass is 35.5. The van der Waals surface area contributed by atoms with Gasteiger partial charge in [-0.15, -0.1) is 0 Å². The molecule has 2 atom stereocenters. The molecule has 0 aromatic heterocycles. The summed E-state index contributed by atoms with van der Waals surface area (Å²) >= 11 is 5.78. The highest BCUT2D eigenvalue weighted by Gasteiger charge is 2.41. The summed E-state index contributed by atoms with van der Waals surface area (Å²) in [4.78, 5) is 36.9. The molecule has 0 bridgehead atoms. The van der Waals surface area contributed by atoms with Gasteiger partial charge >= 0.3 is 6.03 Å². The normalized spacial score (nSPS) is 20.4. The molecule has 0 saturated carbocycles. The first kappa shape index (κ1) is 15.7. The Balaban J connectivity index is 2.26. The van der Waals surface area contributed by atoms with Gasteiger partial charge in [0.15, 0.2) is 0 Å². The number of amides is 4. The molecule has 1 aliphatic heterocycles. The van der Waals surface area contributed by atoms with Crippen LogP contribution in [0.5, 0.6) is 0 Å². The molecule has 0 spiro atoms. The maximum absolute atomic E-state index is 12.4. The summed E-state index contributed by atoms with van der Waals surface area (Å²) in [6.07, 6.45) is 1.48. The van der Waals surface area contributed by atoms with Gasteiger partial charge in [-0.25, -0.2) is 4.79 Å². The second kappa shape index (κ2) is 6.36. The summed E-state index contributed by atoms with van der Waals surface area (Å²) in [5.74, 6) is -2.20. The van der Waals surface area contributed by atoms with Gasteiger partial charge in [0.2, 0.25) is 11.8 Å². The Kier molecular flexibility index (Phi) is 4.74.